The maximum absolute atomic E-state index is 13.4. The molecule has 166 valence electrons. The van der Waals surface area contributed by atoms with E-state index in [2.05, 4.69) is 18.8 Å². The predicted molar refractivity (Wildman–Crippen MR) is 133 cm³/mol. The van der Waals surface area contributed by atoms with E-state index in [4.69, 9.17) is 0 Å². The normalized spacial score (nSPS) is 16.4. The Morgan fingerprint density at radius 3 is 2.55 bits per heavy atom. The van der Waals surface area contributed by atoms with Crippen LogP contribution in [0.15, 0.2) is 71.3 Å². The molecule has 0 fully saturated rings. The Morgan fingerprint density at radius 2 is 1.88 bits per heavy atom. The number of Topliss-reactive ketones (excluding diaryl/α,β-unsaturated/α-hetero) is 1. The van der Waals surface area contributed by atoms with Crippen molar-refractivity contribution in [3.05, 3.63) is 92.9 Å². The van der Waals surface area contributed by atoms with Crippen LogP contribution >= 0.6 is 22.7 Å². The molecule has 33 heavy (non-hydrogen) atoms. The summed E-state index contributed by atoms with van der Waals surface area (Å²) in [5.74, 6) is -1.11. The fourth-order valence-electron chi connectivity index (χ4n) is 4.08. The summed E-state index contributed by atoms with van der Waals surface area (Å²) in [6, 6.07) is 16.5. The molecule has 2 aromatic heterocycles. The van der Waals surface area contributed by atoms with E-state index in [0.29, 0.717) is 15.9 Å². The third-order valence-corrected chi connectivity index (χ3v) is 7.74. The zero-order chi connectivity index (χ0) is 23.3. The number of carbonyl (C=O) groups excluding carboxylic acids is 2. The van der Waals surface area contributed by atoms with Gasteiger partial charge >= 0.3 is 0 Å². The molecule has 0 bridgehead atoms. The highest BCUT2D eigenvalue weighted by atomic mass is 32.1. The number of aliphatic hydroxyl groups is 1. The predicted octanol–water partition coefficient (Wildman–Crippen LogP) is 6.57. The van der Waals surface area contributed by atoms with Crippen LogP contribution in [0.2, 0.25) is 0 Å². The Balaban J connectivity index is 1.67. The van der Waals surface area contributed by atoms with Crippen molar-refractivity contribution in [2.24, 2.45) is 0 Å². The van der Waals surface area contributed by atoms with Gasteiger partial charge in [0.1, 0.15) is 0 Å². The van der Waals surface area contributed by atoms with Gasteiger partial charge in [-0.2, -0.15) is 0 Å². The molecule has 1 atom stereocenters. The molecule has 0 unspecified atom stereocenters. The fourth-order valence-corrected chi connectivity index (χ4v) is 5.84. The maximum atomic E-state index is 13.4. The number of aromatic nitrogens is 1. The lowest BCUT2D eigenvalue weighted by Crippen LogP contribution is -2.30. The van der Waals surface area contributed by atoms with Gasteiger partial charge in [0.25, 0.3) is 5.91 Å². The molecule has 2 aromatic carbocycles. The number of hydrogen-bond donors (Lipinski definition) is 1. The highest BCUT2D eigenvalue weighted by molar-refractivity contribution is 7.22. The molecule has 1 aliphatic rings. The summed E-state index contributed by atoms with van der Waals surface area (Å²) in [6.07, 6.45) is 0. The van der Waals surface area contributed by atoms with Gasteiger partial charge in [-0.1, -0.05) is 61.6 Å². The Labute approximate surface area is 199 Å². The second-order valence-corrected chi connectivity index (χ2v) is 10.4. The molecule has 0 radical (unpaired) electrons. The first-order valence-electron chi connectivity index (χ1n) is 10.7. The highest BCUT2D eigenvalue weighted by Crippen LogP contribution is 2.44. The molecule has 5 nitrogen and oxygen atoms in total. The van der Waals surface area contributed by atoms with Crippen molar-refractivity contribution < 1.29 is 14.7 Å². The number of aryl methyl sites for hydroxylation is 1. The summed E-state index contributed by atoms with van der Waals surface area (Å²) in [4.78, 5) is 33.4. The van der Waals surface area contributed by atoms with Gasteiger partial charge < -0.3 is 5.11 Å². The Morgan fingerprint density at radius 1 is 1.12 bits per heavy atom. The van der Waals surface area contributed by atoms with Gasteiger partial charge in [-0.25, -0.2) is 4.98 Å². The molecule has 1 aliphatic heterocycles. The summed E-state index contributed by atoms with van der Waals surface area (Å²) in [5.41, 5.74) is 3.88. The first-order valence-corrected chi connectivity index (χ1v) is 12.4. The van der Waals surface area contributed by atoms with Crippen molar-refractivity contribution in [3.63, 3.8) is 0 Å². The summed E-state index contributed by atoms with van der Waals surface area (Å²) < 4.78 is 0.948. The molecule has 4 aromatic rings. The van der Waals surface area contributed by atoms with Crippen molar-refractivity contribution in [2.45, 2.75) is 32.7 Å². The lowest BCUT2D eigenvalue weighted by atomic mass is 9.93. The van der Waals surface area contributed by atoms with E-state index in [0.717, 1.165) is 26.9 Å². The van der Waals surface area contributed by atoms with Crippen LogP contribution in [0.25, 0.3) is 10.2 Å². The Hall–Kier alpha value is -3.29. The maximum Gasteiger partial charge on any atom is 0.296 e. The number of fused-ring (bicyclic) bond motifs is 1. The minimum atomic E-state index is -0.755. The molecule has 5 rings (SSSR count). The molecule has 0 spiro atoms. The van der Waals surface area contributed by atoms with Crippen molar-refractivity contribution in [1.82, 2.24) is 4.98 Å². The van der Waals surface area contributed by atoms with Crippen LogP contribution in [0.5, 0.6) is 0 Å². The molecule has 7 heteroatoms. The standard InChI is InChI=1S/C26H22N2O3S2/c1-14(2)16-7-9-17(10-8-16)22-21(23(29)19-5-4-12-32-19)24(30)25(31)28(22)26-27-18-11-6-15(3)13-20(18)33-26/h4-14,22,30H,1-3H3/t22-/m1/s1. The quantitative estimate of drug-likeness (QED) is 0.332. The number of anilines is 1. The number of benzene rings is 2. The topological polar surface area (TPSA) is 70.5 Å². The van der Waals surface area contributed by atoms with Gasteiger partial charge in [-0.05, 0) is 53.1 Å². The van der Waals surface area contributed by atoms with Crippen LogP contribution in [0.3, 0.4) is 0 Å². The summed E-state index contributed by atoms with van der Waals surface area (Å²) in [5, 5.41) is 13.2. The van der Waals surface area contributed by atoms with Gasteiger partial charge in [0.05, 0.1) is 26.7 Å². The number of thiophene rings is 1. The number of ketones is 1. The molecule has 0 aliphatic carbocycles. The number of carbonyl (C=O) groups is 2. The Bertz CT molecular complexity index is 1400. The van der Waals surface area contributed by atoms with Crippen LogP contribution in [-0.4, -0.2) is 21.8 Å². The molecule has 3 heterocycles. The lowest BCUT2D eigenvalue weighted by Gasteiger charge is -2.24. The SMILES string of the molecule is Cc1ccc2nc(N3C(=O)C(O)=C(C(=O)c4cccs4)[C@H]3c3ccc(C(C)C)cc3)sc2c1. The number of rotatable bonds is 5. The van der Waals surface area contributed by atoms with Crippen LogP contribution in [0, 0.1) is 6.92 Å². The van der Waals surface area contributed by atoms with Crippen molar-refractivity contribution in [2.75, 3.05) is 4.90 Å². The molecule has 0 saturated carbocycles. The van der Waals surface area contributed by atoms with Crippen molar-refractivity contribution >= 4 is 49.7 Å². The minimum Gasteiger partial charge on any atom is -0.503 e. The first-order chi connectivity index (χ1) is 15.8. The average molecular weight is 475 g/mol. The van der Waals surface area contributed by atoms with Gasteiger partial charge in [0, 0.05) is 0 Å². The highest BCUT2D eigenvalue weighted by Gasteiger charge is 2.46. The van der Waals surface area contributed by atoms with Crippen molar-refractivity contribution in [1.29, 1.82) is 0 Å². The minimum absolute atomic E-state index is 0.0928. The van der Waals surface area contributed by atoms with E-state index in [-0.39, 0.29) is 11.4 Å². The van der Waals surface area contributed by atoms with Crippen LogP contribution in [0.1, 0.15) is 52.2 Å². The summed E-state index contributed by atoms with van der Waals surface area (Å²) in [6.45, 7) is 6.23. The molecular formula is C26H22N2O3S2. The van der Waals surface area contributed by atoms with Gasteiger partial charge in [-0.3, -0.25) is 14.5 Å². The van der Waals surface area contributed by atoms with Gasteiger partial charge in [-0.15, -0.1) is 11.3 Å². The lowest BCUT2D eigenvalue weighted by molar-refractivity contribution is -0.117. The van der Waals surface area contributed by atoms with Crippen LogP contribution in [-0.2, 0) is 4.79 Å². The largest absolute Gasteiger partial charge is 0.503 e. The van der Waals surface area contributed by atoms with Crippen molar-refractivity contribution in [3.8, 4) is 0 Å². The van der Waals surface area contributed by atoms with Crippen LogP contribution < -0.4 is 4.90 Å². The monoisotopic (exact) mass is 474 g/mol. The summed E-state index contributed by atoms with van der Waals surface area (Å²) in [7, 11) is 0. The van der Waals surface area contributed by atoms with E-state index in [9.17, 15) is 14.7 Å². The molecule has 0 saturated heterocycles. The van der Waals surface area contributed by atoms with E-state index in [1.165, 1.54) is 27.6 Å². The zero-order valence-electron chi connectivity index (χ0n) is 18.4. The third-order valence-electron chi connectivity index (χ3n) is 5.86. The Kier molecular flexibility index (Phi) is 5.38. The number of amides is 1. The van der Waals surface area contributed by atoms with E-state index in [1.54, 1.807) is 12.1 Å². The molecule has 1 N–H and O–H groups in total. The number of aliphatic hydroxyl groups excluding tert-OH is 1. The first kappa shape index (κ1) is 21.6. The smallest absolute Gasteiger partial charge is 0.296 e. The number of hydrogen-bond acceptors (Lipinski definition) is 6. The second-order valence-electron chi connectivity index (χ2n) is 8.44. The average Bonchev–Trinajstić information content (AvgIpc) is 3.52. The molecular weight excluding hydrogens is 452 g/mol. The van der Waals surface area contributed by atoms with Crippen LogP contribution in [0.4, 0.5) is 5.13 Å². The fraction of sp³-hybridized carbons (Fsp3) is 0.192. The number of nitrogens with zero attached hydrogens (tertiary/aromatic N) is 2. The third kappa shape index (κ3) is 3.67. The van der Waals surface area contributed by atoms with Gasteiger partial charge in [0.15, 0.2) is 10.9 Å². The van der Waals surface area contributed by atoms with E-state index in [1.807, 2.05) is 54.8 Å². The van der Waals surface area contributed by atoms with Gasteiger partial charge in [0.2, 0.25) is 5.78 Å². The zero-order valence-corrected chi connectivity index (χ0v) is 20.0. The molecule has 1 amide bonds. The summed E-state index contributed by atoms with van der Waals surface area (Å²) >= 11 is 2.67. The van der Waals surface area contributed by atoms with E-state index < -0.39 is 17.7 Å². The second kappa shape index (κ2) is 8.24. The number of thiazole rings is 1. The van der Waals surface area contributed by atoms with E-state index >= 15 is 0 Å².